The summed E-state index contributed by atoms with van der Waals surface area (Å²) < 4.78 is 1.54. The van der Waals surface area contributed by atoms with Crippen LogP contribution in [0.4, 0.5) is 5.69 Å². The average Bonchev–Trinajstić information content (AvgIpc) is 2.76. The molecule has 0 aliphatic rings. The smallest absolute Gasteiger partial charge is 0.271 e. The lowest BCUT2D eigenvalue weighted by atomic mass is 9.97. The lowest BCUT2D eigenvalue weighted by Crippen LogP contribution is -2.42. The van der Waals surface area contributed by atoms with Gasteiger partial charge in [0.05, 0.1) is 17.5 Å². The fraction of sp³-hybridized carbons (Fsp3) is 0.667. The predicted octanol–water partition coefficient (Wildman–Crippen LogP) is 0.766. The molecule has 1 aromatic rings. The molecule has 0 fully saturated rings. The molecule has 102 valence electrons. The molecule has 0 aromatic carbocycles. The van der Waals surface area contributed by atoms with Crippen molar-refractivity contribution in [3.63, 3.8) is 0 Å². The Labute approximate surface area is 107 Å². The van der Waals surface area contributed by atoms with Crippen LogP contribution in [0, 0.1) is 0 Å². The highest BCUT2D eigenvalue weighted by atomic mass is 16.3. The first kappa shape index (κ1) is 14.5. The van der Waals surface area contributed by atoms with Gasteiger partial charge in [-0.15, -0.1) is 0 Å². The van der Waals surface area contributed by atoms with E-state index in [-0.39, 0.29) is 12.5 Å². The number of carbonyl (C=O) groups excluding carboxylic acids is 1. The Bertz CT molecular complexity index is 410. The van der Waals surface area contributed by atoms with E-state index in [9.17, 15) is 9.90 Å². The first-order chi connectivity index (χ1) is 8.47. The predicted molar refractivity (Wildman–Crippen MR) is 70.2 cm³/mol. The number of nitrogens with zero attached hydrogens (tertiary/aromatic N) is 2. The van der Waals surface area contributed by atoms with E-state index in [1.165, 1.54) is 6.20 Å². The number of anilines is 1. The summed E-state index contributed by atoms with van der Waals surface area (Å²) >= 11 is 0. The van der Waals surface area contributed by atoms with Crippen molar-refractivity contribution in [3.05, 3.63) is 11.9 Å². The Morgan fingerprint density at radius 3 is 2.61 bits per heavy atom. The number of carbonyl (C=O) groups is 1. The van der Waals surface area contributed by atoms with Gasteiger partial charge in [-0.25, -0.2) is 0 Å². The summed E-state index contributed by atoms with van der Waals surface area (Å²) in [6.07, 6.45) is 2.64. The van der Waals surface area contributed by atoms with E-state index < -0.39 is 5.60 Å². The largest absolute Gasteiger partial charge is 0.396 e. The fourth-order valence-electron chi connectivity index (χ4n) is 1.72. The molecule has 6 nitrogen and oxygen atoms in total. The summed E-state index contributed by atoms with van der Waals surface area (Å²) in [6, 6.07) is 0. The number of nitrogens with two attached hydrogens (primary N) is 1. The summed E-state index contributed by atoms with van der Waals surface area (Å²) in [6.45, 7) is 6.46. The number of nitrogen functional groups attached to an aromatic ring is 1. The molecule has 6 heteroatoms. The SMILES string of the molecule is CCn1ncc(N)c1C(=O)NCC(O)(CC)CC. The zero-order valence-electron chi connectivity index (χ0n) is 11.2. The summed E-state index contributed by atoms with van der Waals surface area (Å²) in [4.78, 5) is 12.0. The van der Waals surface area contributed by atoms with Crippen molar-refractivity contribution in [3.8, 4) is 0 Å². The summed E-state index contributed by atoms with van der Waals surface area (Å²) in [5.41, 5.74) is 5.56. The molecule has 0 spiro atoms. The Morgan fingerprint density at radius 1 is 1.50 bits per heavy atom. The van der Waals surface area contributed by atoms with E-state index in [0.717, 1.165) is 0 Å². The summed E-state index contributed by atoms with van der Waals surface area (Å²) in [5.74, 6) is -0.299. The molecule has 18 heavy (non-hydrogen) atoms. The second-order valence-corrected chi connectivity index (χ2v) is 4.38. The molecule has 0 unspecified atom stereocenters. The zero-order valence-corrected chi connectivity index (χ0v) is 11.2. The van der Waals surface area contributed by atoms with Crippen LogP contribution in [-0.4, -0.2) is 32.9 Å². The molecule has 0 bridgehead atoms. The first-order valence-electron chi connectivity index (χ1n) is 6.29. The Hall–Kier alpha value is -1.56. The van der Waals surface area contributed by atoms with Gasteiger partial charge in [-0.1, -0.05) is 13.8 Å². The van der Waals surface area contributed by atoms with Crippen molar-refractivity contribution >= 4 is 11.6 Å². The van der Waals surface area contributed by atoms with E-state index in [1.54, 1.807) is 4.68 Å². The molecule has 0 aliphatic heterocycles. The molecule has 0 atom stereocenters. The highest BCUT2D eigenvalue weighted by molar-refractivity contribution is 5.97. The zero-order chi connectivity index (χ0) is 13.8. The topological polar surface area (TPSA) is 93.2 Å². The second-order valence-electron chi connectivity index (χ2n) is 4.38. The van der Waals surface area contributed by atoms with Gasteiger partial charge >= 0.3 is 0 Å². The Kier molecular flexibility index (Phi) is 4.72. The lowest BCUT2D eigenvalue weighted by Gasteiger charge is -2.25. The lowest BCUT2D eigenvalue weighted by molar-refractivity contribution is 0.0312. The van der Waals surface area contributed by atoms with Crippen LogP contribution in [0.25, 0.3) is 0 Å². The maximum absolute atomic E-state index is 12.0. The molecule has 0 saturated carbocycles. The molecular formula is C12H22N4O2. The Balaban J connectivity index is 2.74. The van der Waals surface area contributed by atoms with Gasteiger partial charge in [0.1, 0.15) is 5.69 Å². The number of aromatic nitrogens is 2. The molecule has 1 rings (SSSR count). The number of aliphatic hydroxyl groups is 1. The molecule has 1 heterocycles. The van der Waals surface area contributed by atoms with E-state index in [2.05, 4.69) is 10.4 Å². The van der Waals surface area contributed by atoms with E-state index in [4.69, 9.17) is 5.73 Å². The van der Waals surface area contributed by atoms with Crippen LogP contribution < -0.4 is 11.1 Å². The minimum Gasteiger partial charge on any atom is -0.396 e. The normalized spacial score (nSPS) is 11.6. The molecule has 1 aromatic heterocycles. The number of rotatable bonds is 6. The quantitative estimate of drug-likeness (QED) is 0.699. The van der Waals surface area contributed by atoms with Crippen LogP contribution in [-0.2, 0) is 6.54 Å². The molecule has 0 aliphatic carbocycles. The van der Waals surface area contributed by atoms with Crippen molar-refractivity contribution in [2.24, 2.45) is 0 Å². The van der Waals surface area contributed by atoms with Crippen molar-refractivity contribution in [1.29, 1.82) is 0 Å². The molecule has 0 saturated heterocycles. The van der Waals surface area contributed by atoms with Crippen molar-refractivity contribution in [1.82, 2.24) is 15.1 Å². The number of amides is 1. The van der Waals surface area contributed by atoms with E-state index >= 15 is 0 Å². The monoisotopic (exact) mass is 254 g/mol. The van der Waals surface area contributed by atoms with E-state index in [0.29, 0.717) is 30.8 Å². The molecule has 1 amide bonds. The number of hydrogen-bond donors (Lipinski definition) is 3. The average molecular weight is 254 g/mol. The molecular weight excluding hydrogens is 232 g/mol. The van der Waals surface area contributed by atoms with Crippen molar-refractivity contribution in [2.45, 2.75) is 45.8 Å². The number of hydrogen-bond acceptors (Lipinski definition) is 4. The minimum atomic E-state index is -0.860. The van der Waals surface area contributed by atoms with Gasteiger partial charge in [0.2, 0.25) is 0 Å². The van der Waals surface area contributed by atoms with Crippen LogP contribution >= 0.6 is 0 Å². The first-order valence-corrected chi connectivity index (χ1v) is 6.29. The van der Waals surface area contributed by atoms with Crippen LogP contribution in [0.2, 0.25) is 0 Å². The van der Waals surface area contributed by atoms with Gasteiger partial charge < -0.3 is 16.2 Å². The third-order valence-corrected chi connectivity index (χ3v) is 3.28. The third-order valence-electron chi connectivity index (χ3n) is 3.28. The van der Waals surface area contributed by atoms with Gasteiger partial charge in [-0.05, 0) is 19.8 Å². The molecule has 0 radical (unpaired) electrons. The summed E-state index contributed by atoms with van der Waals surface area (Å²) in [7, 11) is 0. The van der Waals surface area contributed by atoms with E-state index in [1.807, 2.05) is 20.8 Å². The van der Waals surface area contributed by atoms with Gasteiger partial charge in [-0.2, -0.15) is 5.10 Å². The highest BCUT2D eigenvalue weighted by Crippen LogP contribution is 2.14. The highest BCUT2D eigenvalue weighted by Gasteiger charge is 2.24. The second kappa shape index (κ2) is 5.86. The standard InChI is InChI=1S/C12H22N4O2/c1-4-12(18,5-2)8-14-11(17)10-9(13)7-15-16(10)6-3/h7,18H,4-6,8,13H2,1-3H3,(H,14,17). The number of nitrogens with one attached hydrogen (secondary N) is 1. The third kappa shape index (κ3) is 3.01. The maximum Gasteiger partial charge on any atom is 0.271 e. The van der Waals surface area contributed by atoms with Crippen LogP contribution in [0.1, 0.15) is 44.1 Å². The molecule has 4 N–H and O–H groups in total. The van der Waals surface area contributed by atoms with Crippen molar-refractivity contribution in [2.75, 3.05) is 12.3 Å². The van der Waals surface area contributed by atoms with Crippen LogP contribution in [0.5, 0.6) is 0 Å². The number of aryl methyl sites for hydroxylation is 1. The maximum atomic E-state index is 12.0. The van der Waals surface area contributed by atoms with Gasteiger partial charge in [0.15, 0.2) is 0 Å². The van der Waals surface area contributed by atoms with Gasteiger partial charge in [0, 0.05) is 13.1 Å². The Morgan fingerprint density at radius 2 is 2.11 bits per heavy atom. The van der Waals surface area contributed by atoms with Crippen LogP contribution in [0.15, 0.2) is 6.20 Å². The fourth-order valence-corrected chi connectivity index (χ4v) is 1.72. The van der Waals surface area contributed by atoms with Gasteiger partial charge in [-0.3, -0.25) is 9.48 Å². The van der Waals surface area contributed by atoms with Crippen LogP contribution in [0.3, 0.4) is 0 Å². The minimum absolute atomic E-state index is 0.215. The summed E-state index contributed by atoms with van der Waals surface area (Å²) in [5, 5.41) is 16.8. The van der Waals surface area contributed by atoms with Crippen molar-refractivity contribution < 1.29 is 9.90 Å². The van der Waals surface area contributed by atoms with Gasteiger partial charge in [0.25, 0.3) is 5.91 Å².